The molecule has 0 unspecified atom stereocenters. The fourth-order valence-electron chi connectivity index (χ4n) is 1.56. The minimum Gasteiger partial charge on any atom is -0.497 e. The first kappa shape index (κ1) is 13.2. The van der Waals surface area contributed by atoms with E-state index in [0.29, 0.717) is 12.2 Å². The molecular formula is C13H16O4. The van der Waals surface area contributed by atoms with Crippen LogP contribution in [-0.2, 0) is 14.3 Å². The molecule has 0 fully saturated rings. The number of methoxy groups -OCH3 is 2. The number of carbonyl (C=O) groups is 2. The van der Waals surface area contributed by atoms with Crippen LogP contribution in [0.15, 0.2) is 24.3 Å². The number of hydrogen-bond donors (Lipinski definition) is 0. The first-order valence-electron chi connectivity index (χ1n) is 5.37. The van der Waals surface area contributed by atoms with Crippen molar-refractivity contribution in [3.63, 3.8) is 0 Å². The summed E-state index contributed by atoms with van der Waals surface area (Å²) < 4.78 is 9.64. The van der Waals surface area contributed by atoms with E-state index < -0.39 is 0 Å². The molecule has 0 aliphatic heterocycles. The topological polar surface area (TPSA) is 52.6 Å². The monoisotopic (exact) mass is 236 g/mol. The largest absolute Gasteiger partial charge is 0.497 e. The number of hydrogen-bond acceptors (Lipinski definition) is 4. The van der Waals surface area contributed by atoms with Gasteiger partial charge in [-0.15, -0.1) is 0 Å². The number of esters is 1. The number of benzene rings is 1. The van der Waals surface area contributed by atoms with Crippen LogP contribution in [0.3, 0.4) is 0 Å². The second-order valence-electron chi connectivity index (χ2n) is 3.63. The Balaban J connectivity index is 2.71. The van der Waals surface area contributed by atoms with Gasteiger partial charge in [0.2, 0.25) is 0 Å². The second kappa shape index (κ2) is 6.68. The molecule has 4 nitrogen and oxygen atoms in total. The van der Waals surface area contributed by atoms with Crippen molar-refractivity contribution in [1.29, 1.82) is 0 Å². The van der Waals surface area contributed by atoms with Crippen molar-refractivity contribution in [3.8, 4) is 5.75 Å². The van der Waals surface area contributed by atoms with Crippen molar-refractivity contribution in [2.24, 2.45) is 0 Å². The predicted molar refractivity (Wildman–Crippen MR) is 63.0 cm³/mol. The Kier molecular flexibility index (Phi) is 5.20. The summed E-state index contributed by atoms with van der Waals surface area (Å²) in [5.41, 5.74) is 0.850. The molecule has 0 N–H and O–H groups in total. The van der Waals surface area contributed by atoms with E-state index in [2.05, 4.69) is 4.74 Å². The highest BCUT2D eigenvalue weighted by molar-refractivity contribution is 5.71. The summed E-state index contributed by atoms with van der Waals surface area (Å²) in [5.74, 6) is 0.0939. The van der Waals surface area contributed by atoms with E-state index in [0.717, 1.165) is 11.8 Å². The van der Waals surface area contributed by atoms with E-state index in [-0.39, 0.29) is 18.3 Å². The molecular weight excluding hydrogens is 220 g/mol. The SMILES string of the molecule is COC(=O)CC[C@H](C=O)c1cccc(OC)c1. The van der Waals surface area contributed by atoms with E-state index in [1.54, 1.807) is 13.2 Å². The van der Waals surface area contributed by atoms with Gasteiger partial charge >= 0.3 is 5.97 Å². The van der Waals surface area contributed by atoms with Crippen LogP contribution >= 0.6 is 0 Å². The fraction of sp³-hybridized carbons (Fsp3) is 0.385. The van der Waals surface area contributed by atoms with Crippen LogP contribution in [0.4, 0.5) is 0 Å². The van der Waals surface area contributed by atoms with Gasteiger partial charge in [-0.1, -0.05) is 12.1 Å². The van der Waals surface area contributed by atoms with Gasteiger partial charge in [0.05, 0.1) is 14.2 Å². The molecule has 0 bridgehead atoms. The Hall–Kier alpha value is -1.84. The van der Waals surface area contributed by atoms with Gasteiger partial charge in [-0.25, -0.2) is 0 Å². The molecule has 17 heavy (non-hydrogen) atoms. The third-order valence-electron chi connectivity index (χ3n) is 2.57. The molecule has 1 aromatic carbocycles. The predicted octanol–water partition coefficient (Wildman–Crippen LogP) is 1.93. The van der Waals surface area contributed by atoms with Gasteiger partial charge < -0.3 is 14.3 Å². The Morgan fingerprint density at radius 2 is 2.18 bits per heavy atom. The zero-order valence-electron chi connectivity index (χ0n) is 10.0. The summed E-state index contributed by atoms with van der Waals surface area (Å²) in [4.78, 5) is 22.0. The molecule has 0 aliphatic rings. The van der Waals surface area contributed by atoms with Crippen molar-refractivity contribution in [2.75, 3.05) is 14.2 Å². The maximum Gasteiger partial charge on any atom is 0.305 e. The third-order valence-corrected chi connectivity index (χ3v) is 2.57. The second-order valence-corrected chi connectivity index (χ2v) is 3.63. The van der Waals surface area contributed by atoms with Crippen molar-refractivity contribution in [2.45, 2.75) is 18.8 Å². The van der Waals surface area contributed by atoms with Crippen LogP contribution < -0.4 is 4.74 Å². The minimum absolute atomic E-state index is 0.233. The van der Waals surface area contributed by atoms with Crippen molar-refractivity contribution >= 4 is 12.3 Å². The number of rotatable bonds is 6. The lowest BCUT2D eigenvalue weighted by Crippen LogP contribution is -2.06. The Morgan fingerprint density at radius 3 is 2.76 bits per heavy atom. The Labute approximate surface area is 101 Å². The van der Waals surface area contributed by atoms with Crippen LogP contribution in [0.1, 0.15) is 24.3 Å². The lowest BCUT2D eigenvalue weighted by Gasteiger charge is -2.11. The average Bonchev–Trinajstić information content (AvgIpc) is 2.39. The number of ether oxygens (including phenoxy) is 2. The molecule has 1 atom stereocenters. The molecule has 0 amide bonds. The highest BCUT2D eigenvalue weighted by Crippen LogP contribution is 2.23. The molecule has 1 aromatic rings. The zero-order chi connectivity index (χ0) is 12.7. The molecule has 0 radical (unpaired) electrons. The zero-order valence-corrected chi connectivity index (χ0v) is 10.0. The molecule has 1 rings (SSSR count). The highest BCUT2D eigenvalue weighted by Gasteiger charge is 2.13. The normalized spacial score (nSPS) is 11.6. The summed E-state index contributed by atoms with van der Waals surface area (Å²) in [6.45, 7) is 0. The van der Waals surface area contributed by atoms with E-state index in [1.807, 2.05) is 18.2 Å². The number of carbonyl (C=O) groups excluding carboxylic acids is 2. The standard InChI is InChI=1S/C13H16O4/c1-16-12-5-3-4-10(8-12)11(9-14)6-7-13(15)17-2/h3-5,8-9,11H,6-7H2,1-2H3/t11-/m1/s1. The molecule has 4 heteroatoms. The Morgan fingerprint density at radius 1 is 1.41 bits per heavy atom. The van der Waals surface area contributed by atoms with Gasteiger partial charge in [-0.05, 0) is 24.1 Å². The van der Waals surface area contributed by atoms with Crippen LogP contribution in [0.5, 0.6) is 5.75 Å². The molecule has 92 valence electrons. The molecule has 0 aliphatic carbocycles. The average molecular weight is 236 g/mol. The van der Waals surface area contributed by atoms with Crippen LogP contribution in [0.25, 0.3) is 0 Å². The molecule has 0 heterocycles. The van der Waals surface area contributed by atoms with Gasteiger partial charge in [-0.3, -0.25) is 4.79 Å². The van der Waals surface area contributed by atoms with Gasteiger partial charge in [0, 0.05) is 12.3 Å². The first-order chi connectivity index (χ1) is 8.21. The van der Waals surface area contributed by atoms with E-state index in [9.17, 15) is 9.59 Å². The first-order valence-corrected chi connectivity index (χ1v) is 5.37. The lowest BCUT2D eigenvalue weighted by atomic mass is 9.95. The summed E-state index contributed by atoms with van der Waals surface area (Å²) in [5, 5.41) is 0. The van der Waals surface area contributed by atoms with Crippen LogP contribution in [0.2, 0.25) is 0 Å². The summed E-state index contributed by atoms with van der Waals surface area (Å²) in [6, 6.07) is 7.28. The van der Waals surface area contributed by atoms with Gasteiger partial charge in [0.25, 0.3) is 0 Å². The van der Waals surface area contributed by atoms with Gasteiger partial charge in [0.1, 0.15) is 12.0 Å². The van der Waals surface area contributed by atoms with Crippen molar-refractivity contribution in [3.05, 3.63) is 29.8 Å². The van der Waals surface area contributed by atoms with E-state index in [1.165, 1.54) is 7.11 Å². The molecule has 0 aromatic heterocycles. The van der Waals surface area contributed by atoms with E-state index >= 15 is 0 Å². The Bertz CT molecular complexity index is 387. The summed E-state index contributed by atoms with van der Waals surface area (Å²) in [6.07, 6.45) is 1.53. The summed E-state index contributed by atoms with van der Waals surface area (Å²) >= 11 is 0. The highest BCUT2D eigenvalue weighted by atomic mass is 16.5. The maximum absolute atomic E-state index is 11.0. The molecule has 0 spiro atoms. The molecule has 0 saturated carbocycles. The fourth-order valence-corrected chi connectivity index (χ4v) is 1.56. The smallest absolute Gasteiger partial charge is 0.305 e. The summed E-state index contributed by atoms with van der Waals surface area (Å²) in [7, 11) is 2.91. The lowest BCUT2D eigenvalue weighted by molar-refractivity contribution is -0.140. The number of aldehydes is 1. The van der Waals surface area contributed by atoms with Gasteiger partial charge in [0.15, 0.2) is 0 Å². The van der Waals surface area contributed by atoms with Crippen LogP contribution in [0, 0.1) is 0 Å². The van der Waals surface area contributed by atoms with Crippen molar-refractivity contribution < 1.29 is 19.1 Å². The maximum atomic E-state index is 11.0. The van der Waals surface area contributed by atoms with E-state index in [4.69, 9.17) is 4.74 Å². The van der Waals surface area contributed by atoms with Crippen molar-refractivity contribution in [1.82, 2.24) is 0 Å². The molecule has 0 saturated heterocycles. The van der Waals surface area contributed by atoms with Gasteiger partial charge in [-0.2, -0.15) is 0 Å². The van der Waals surface area contributed by atoms with Crippen LogP contribution in [-0.4, -0.2) is 26.5 Å². The quantitative estimate of drug-likeness (QED) is 0.559. The minimum atomic E-state index is -0.306. The third kappa shape index (κ3) is 3.90.